The van der Waals surface area contributed by atoms with E-state index in [1.54, 1.807) is 30.3 Å². The molecular weight excluding hydrogens is 284 g/mol. The second kappa shape index (κ2) is 6.26. The van der Waals surface area contributed by atoms with E-state index in [9.17, 15) is 13.6 Å². The van der Waals surface area contributed by atoms with Crippen LogP contribution in [0.5, 0.6) is 0 Å². The summed E-state index contributed by atoms with van der Waals surface area (Å²) in [6.07, 6.45) is 1.99. The van der Waals surface area contributed by atoms with Crippen molar-refractivity contribution < 1.29 is 13.6 Å². The Kier molecular flexibility index (Phi) is 4.18. The third kappa shape index (κ3) is 3.32. The van der Waals surface area contributed by atoms with E-state index in [0.29, 0.717) is 11.5 Å². The molecule has 2 nitrogen and oxygen atoms in total. The van der Waals surface area contributed by atoms with Crippen LogP contribution in [0.25, 0.3) is 0 Å². The Labute approximate surface area is 128 Å². The molecule has 1 fully saturated rings. The van der Waals surface area contributed by atoms with E-state index in [2.05, 4.69) is 5.32 Å². The molecule has 4 heteroatoms. The molecule has 1 atom stereocenters. The van der Waals surface area contributed by atoms with Crippen LogP contribution in [-0.4, -0.2) is 5.91 Å². The first-order valence-electron chi connectivity index (χ1n) is 7.42. The molecule has 0 heterocycles. The van der Waals surface area contributed by atoms with Gasteiger partial charge in [-0.2, -0.15) is 0 Å². The number of carbonyl (C=O) groups is 1. The molecule has 0 saturated heterocycles. The SMILES string of the molecule is O=C(NCc1ccccc1F)C(c1ccc(F)cc1)C1CC1. The molecule has 114 valence electrons. The highest BCUT2D eigenvalue weighted by molar-refractivity contribution is 5.84. The summed E-state index contributed by atoms with van der Waals surface area (Å²) in [6, 6.07) is 12.4. The van der Waals surface area contributed by atoms with Crippen molar-refractivity contribution >= 4 is 5.91 Å². The zero-order chi connectivity index (χ0) is 15.5. The molecule has 22 heavy (non-hydrogen) atoms. The van der Waals surface area contributed by atoms with Crippen molar-refractivity contribution in [2.75, 3.05) is 0 Å². The highest BCUT2D eigenvalue weighted by Gasteiger charge is 2.37. The van der Waals surface area contributed by atoms with Crippen LogP contribution in [0.4, 0.5) is 8.78 Å². The second-order valence-corrected chi connectivity index (χ2v) is 5.68. The minimum absolute atomic E-state index is 0.127. The van der Waals surface area contributed by atoms with Crippen molar-refractivity contribution in [1.82, 2.24) is 5.32 Å². The summed E-state index contributed by atoms with van der Waals surface area (Å²) < 4.78 is 26.6. The number of halogens is 2. The molecule has 0 aromatic heterocycles. The van der Waals surface area contributed by atoms with Gasteiger partial charge in [-0.05, 0) is 42.5 Å². The summed E-state index contributed by atoms with van der Waals surface area (Å²) >= 11 is 0. The number of hydrogen-bond acceptors (Lipinski definition) is 1. The molecule has 1 saturated carbocycles. The molecule has 1 aliphatic carbocycles. The van der Waals surface area contributed by atoms with Gasteiger partial charge in [0, 0.05) is 12.1 Å². The van der Waals surface area contributed by atoms with Gasteiger partial charge < -0.3 is 5.32 Å². The quantitative estimate of drug-likeness (QED) is 0.895. The fourth-order valence-corrected chi connectivity index (χ4v) is 2.67. The number of amides is 1. The number of benzene rings is 2. The Morgan fingerprint density at radius 2 is 1.77 bits per heavy atom. The van der Waals surface area contributed by atoms with Crippen LogP contribution in [0, 0.1) is 17.6 Å². The zero-order valence-corrected chi connectivity index (χ0v) is 12.1. The third-order valence-electron chi connectivity index (χ3n) is 4.02. The van der Waals surface area contributed by atoms with Gasteiger partial charge in [0.05, 0.1) is 5.92 Å². The Morgan fingerprint density at radius 1 is 1.09 bits per heavy atom. The van der Waals surface area contributed by atoms with Crippen LogP contribution in [0.15, 0.2) is 48.5 Å². The molecule has 0 radical (unpaired) electrons. The summed E-state index contributed by atoms with van der Waals surface area (Å²) in [5.41, 5.74) is 1.28. The number of rotatable bonds is 5. The van der Waals surface area contributed by atoms with E-state index in [1.165, 1.54) is 18.2 Å². The van der Waals surface area contributed by atoms with Gasteiger partial charge in [-0.25, -0.2) is 8.78 Å². The van der Waals surface area contributed by atoms with Gasteiger partial charge in [-0.1, -0.05) is 30.3 Å². The van der Waals surface area contributed by atoms with Crippen LogP contribution in [0.1, 0.15) is 29.9 Å². The molecule has 0 bridgehead atoms. The smallest absolute Gasteiger partial charge is 0.228 e. The number of hydrogen-bond donors (Lipinski definition) is 1. The maximum absolute atomic E-state index is 13.6. The average molecular weight is 301 g/mol. The monoisotopic (exact) mass is 301 g/mol. The van der Waals surface area contributed by atoms with Crippen molar-refractivity contribution in [3.05, 3.63) is 71.3 Å². The van der Waals surface area contributed by atoms with Crippen LogP contribution in [0.2, 0.25) is 0 Å². The first kappa shape index (κ1) is 14.7. The topological polar surface area (TPSA) is 29.1 Å². The average Bonchev–Trinajstić information content (AvgIpc) is 3.33. The molecule has 0 spiro atoms. The van der Waals surface area contributed by atoms with Gasteiger partial charge in [0.15, 0.2) is 0 Å². The highest BCUT2D eigenvalue weighted by atomic mass is 19.1. The zero-order valence-electron chi connectivity index (χ0n) is 12.1. The van der Waals surface area contributed by atoms with E-state index in [4.69, 9.17) is 0 Å². The largest absolute Gasteiger partial charge is 0.351 e. The molecule has 1 unspecified atom stereocenters. The summed E-state index contributed by atoms with van der Waals surface area (Å²) in [7, 11) is 0. The Hall–Kier alpha value is -2.23. The molecule has 2 aromatic carbocycles. The standard InChI is InChI=1S/C18H17F2NO/c19-15-9-7-13(8-10-15)17(12-5-6-12)18(22)21-11-14-3-1-2-4-16(14)20/h1-4,7-10,12,17H,5-6,11H2,(H,21,22). The summed E-state index contributed by atoms with van der Waals surface area (Å²) in [5.74, 6) is -0.756. The summed E-state index contributed by atoms with van der Waals surface area (Å²) in [6.45, 7) is 0.163. The van der Waals surface area contributed by atoms with Crippen LogP contribution < -0.4 is 5.32 Å². The van der Waals surface area contributed by atoms with E-state index in [1.807, 2.05) is 0 Å². The molecule has 1 amide bonds. The maximum Gasteiger partial charge on any atom is 0.228 e. The van der Waals surface area contributed by atoms with Crippen molar-refractivity contribution in [1.29, 1.82) is 0 Å². The van der Waals surface area contributed by atoms with Crippen molar-refractivity contribution in [3.63, 3.8) is 0 Å². The summed E-state index contributed by atoms with van der Waals surface area (Å²) in [5, 5.41) is 2.80. The third-order valence-corrected chi connectivity index (χ3v) is 4.02. The first-order chi connectivity index (χ1) is 10.6. The van der Waals surface area contributed by atoms with E-state index in [-0.39, 0.29) is 30.0 Å². The van der Waals surface area contributed by atoms with Gasteiger partial charge in [-0.3, -0.25) is 4.79 Å². The van der Waals surface area contributed by atoms with Gasteiger partial charge in [0.25, 0.3) is 0 Å². The predicted octanol–water partition coefficient (Wildman–Crippen LogP) is 3.77. The minimum Gasteiger partial charge on any atom is -0.351 e. The lowest BCUT2D eigenvalue weighted by Gasteiger charge is -2.17. The predicted molar refractivity (Wildman–Crippen MR) is 80.1 cm³/mol. The molecule has 3 rings (SSSR count). The van der Waals surface area contributed by atoms with Gasteiger partial charge in [0.1, 0.15) is 11.6 Å². The van der Waals surface area contributed by atoms with Crippen molar-refractivity contribution in [3.8, 4) is 0 Å². The molecule has 2 aromatic rings. The fourth-order valence-electron chi connectivity index (χ4n) is 2.67. The molecule has 1 N–H and O–H groups in total. The van der Waals surface area contributed by atoms with Crippen LogP contribution >= 0.6 is 0 Å². The van der Waals surface area contributed by atoms with Crippen LogP contribution in [-0.2, 0) is 11.3 Å². The Balaban J connectivity index is 1.71. The van der Waals surface area contributed by atoms with E-state index >= 15 is 0 Å². The maximum atomic E-state index is 13.6. The lowest BCUT2D eigenvalue weighted by molar-refractivity contribution is -0.123. The summed E-state index contributed by atoms with van der Waals surface area (Å²) in [4.78, 5) is 12.5. The van der Waals surface area contributed by atoms with Gasteiger partial charge >= 0.3 is 0 Å². The normalized spacial score (nSPS) is 15.4. The van der Waals surface area contributed by atoms with Gasteiger partial charge in [-0.15, -0.1) is 0 Å². The Bertz CT molecular complexity index is 665. The van der Waals surface area contributed by atoms with E-state index < -0.39 is 0 Å². The van der Waals surface area contributed by atoms with Crippen LogP contribution in [0.3, 0.4) is 0 Å². The second-order valence-electron chi connectivity index (χ2n) is 5.68. The van der Waals surface area contributed by atoms with Crippen molar-refractivity contribution in [2.45, 2.75) is 25.3 Å². The van der Waals surface area contributed by atoms with Gasteiger partial charge in [0.2, 0.25) is 5.91 Å². The molecular formula is C18H17F2NO. The highest BCUT2D eigenvalue weighted by Crippen LogP contribution is 2.42. The Morgan fingerprint density at radius 3 is 2.41 bits per heavy atom. The lowest BCUT2D eigenvalue weighted by atomic mass is 9.93. The number of carbonyl (C=O) groups excluding carboxylic acids is 1. The first-order valence-corrected chi connectivity index (χ1v) is 7.42. The minimum atomic E-state index is -0.326. The lowest BCUT2D eigenvalue weighted by Crippen LogP contribution is -2.30. The van der Waals surface area contributed by atoms with Crippen molar-refractivity contribution in [2.24, 2.45) is 5.92 Å². The number of nitrogens with one attached hydrogen (secondary N) is 1. The molecule has 0 aliphatic heterocycles. The molecule has 1 aliphatic rings. The fraction of sp³-hybridized carbons (Fsp3) is 0.278. The van der Waals surface area contributed by atoms with E-state index in [0.717, 1.165) is 18.4 Å².